The molecule has 1 aliphatic carbocycles. The number of fused-ring (bicyclic) bond motifs is 2. The maximum absolute atomic E-state index is 12.8. The van der Waals surface area contributed by atoms with E-state index in [4.69, 9.17) is 23.2 Å². The molecule has 1 N–H and O–H groups in total. The summed E-state index contributed by atoms with van der Waals surface area (Å²) in [7, 11) is 0. The van der Waals surface area contributed by atoms with Crippen molar-refractivity contribution < 1.29 is 9.59 Å². The molecule has 4 rings (SSSR count). The molecule has 2 atom stereocenters. The fourth-order valence-electron chi connectivity index (χ4n) is 4.09. The Hall–Kier alpha value is -1.52. The maximum Gasteiger partial charge on any atom is 0.237 e. The molecule has 1 spiro atoms. The summed E-state index contributed by atoms with van der Waals surface area (Å²) in [5.41, 5.74) is 0.883. The predicted molar refractivity (Wildman–Crippen MR) is 94.4 cm³/mol. The van der Waals surface area contributed by atoms with Crippen molar-refractivity contribution in [2.75, 3.05) is 18.4 Å². The van der Waals surface area contributed by atoms with Gasteiger partial charge in [0.1, 0.15) is 0 Å². The molecule has 24 heavy (non-hydrogen) atoms. The van der Waals surface area contributed by atoms with Crippen LogP contribution in [0.2, 0.25) is 10.0 Å². The number of anilines is 1. The lowest BCUT2D eigenvalue weighted by Crippen LogP contribution is -2.41. The summed E-state index contributed by atoms with van der Waals surface area (Å²) in [6.07, 6.45) is 7.47. The molecule has 2 heterocycles. The number of hydrogen-bond donors (Lipinski definition) is 1. The Morgan fingerprint density at radius 1 is 1.25 bits per heavy atom. The van der Waals surface area contributed by atoms with Gasteiger partial charge in [0.25, 0.3) is 0 Å². The first-order valence-electron chi connectivity index (χ1n) is 8.26. The van der Waals surface area contributed by atoms with Gasteiger partial charge in [0.05, 0.1) is 15.5 Å². The average molecular weight is 365 g/mol. The Labute approximate surface area is 150 Å². The number of hydrogen-bond acceptors (Lipinski definition) is 2. The lowest BCUT2D eigenvalue weighted by molar-refractivity contribution is -0.135. The first kappa shape index (κ1) is 16.0. The zero-order valence-electron chi connectivity index (χ0n) is 13.1. The number of amides is 2. The van der Waals surface area contributed by atoms with E-state index in [2.05, 4.69) is 17.5 Å². The predicted octanol–water partition coefficient (Wildman–Crippen LogP) is 3.77. The van der Waals surface area contributed by atoms with E-state index in [9.17, 15) is 9.59 Å². The minimum Gasteiger partial charge on any atom is -0.341 e. The largest absolute Gasteiger partial charge is 0.341 e. The summed E-state index contributed by atoms with van der Waals surface area (Å²) >= 11 is 12.2. The van der Waals surface area contributed by atoms with Gasteiger partial charge in [-0.2, -0.15) is 0 Å². The minimum atomic E-state index is -0.691. The third-order valence-electron chi connectivity index (χ3n) is 5.46. The van der Waals surface area contributed by atoms with Crippen molar-refractivity contribution in [2.24, 2.45) is 5.92 Å². The first-order valence-corrected chi connectivity index (χ1v) is 9.02. The van der Waals surface area contributed by atoms with E-state index in [0.29, 0.717) is 35.2 Å². The number of carbonyl (C=O) groups excluding carboxylic acids is 2. The smallest absolute Gasteiger partial charge is 0.237 e. The normalized spacial score (nSPS) is 28.3. The highest BCUT2D eigenvalue weighted by Crippen LogP contribution is 2.47. The maximum atomic E-state index is 12.8. The van der Waals surface area contributed by atoms with E-state index < -0.39 is 5.41 Å². The number of likely N-dealkylation sites (tertiary alicyclic amines) is 1. The van der Waals surface area contributed by atoms with E-state index in [1.54, 1.807) is 12.1 Å². The fraction of sp³-hybridized carbons (Fsp3) is 0.444. The van der Waals surface area contributed by atoms with Crippen molar-refractivity contribution in [1.82, 2.24) is 4.90 Å². The van der Waals surface area contributed by atoms with Crippen LogP contribution >= 0.6 is 23.2 Å². The van der Waals surface area contributed by atoms with Crippen molar-refractivity contribution in [3.8, 4) is 0 Å². The summed E-state index contributed by atoms with van der Waals surface area (Å²) in [6, 6.07) is 3.47. The molecule has 1 fully saturated rings. The lowest BCUT2D eigenvalue weighted by Gasteiger charge is -2.26. The highest BCUT2D eigenvalue weighted by molar-refractivity contribution is 6.42. The zero-order valence-corrected chi connectivity index (χ0v) is 14.7. The third kappa shape index (κ3) is 2.35. The van der Waals surface area contributed by atoms with Crippen molar-refractivity contribution in [2.45, 2.75) is 31.1 Å². The number of benzene rings is 1. The highest BCUT2D eigenvalue weighted by atomic mass is 35.5. The third-order valence-corrected chi connectivity index (χ3v) is 6.18. The van der Waals surface area contributed by atoms with Gasteiger partial charge < -0.3 is 10.2 Å². The standard InChI is InChI=1S/C18H18Cl2N2O2/c19-13-8-12-15(9-14(13)20)21-17(24)18(12)6-7-22(10-18)16(23)11-4-2-1-3-5-11/h1-2,8-9,11H,3-7,10H2,(H,21,24)/t11-,18+/m0/s1. The Morgan fingerprint density at radius 2 is 2.04 bits per heavy atom. The average Bonchev–Trinajstić information content (AvgIpc) is 3.13. The fourth-order valence-corrected chi connectivity index (χ4v) is 4.42. The topological polar surface area (TPSA) is 49.4 Å². The molecule has 6 heteroatoms. The molecule has 1 aromatic carbocycles. The number of rotatable bonds is 1. The number of halogens is 2. The van der Waals surface area contributed by atoms with E-state index in [1.807, 2.05) is 4.90 Å². The van der Waals surface area contributed by atoms with Gasteiger partial charge in [-0.3, -0.25) is 9.59 Å². The molecular weight excluding hydrogens is 347 g/mol. The molecule has 0 saturated carbocycles. The first-order chi connectivity index (χ1) is 11.5. The molecule has 2 aliphatic heterocycles. The van der Waals surface area contributed by atoms with Crippen molar-refractivity contribution in [1.29, 1.82) is 0 Å². The minimum absolute atomic E-state index is 0.0443. The summed E-state index contributed by atoms with van der Waals surface area (Å²) in [5.74, 6) is 0.148. The van der Waals surface area contributed by atoms with Gasteiger partial charge in [0.2, 0.25) is 11.8 Å². The molecule has 4 nitrogen and oxygen atoms in total. The van der Waals surface area contributed by atoms with Crippen LogP contribution in [-0.2, 0) is 15.0 Å². The quantitative estimate of drug-likeness (QED) is 0.771. The van der Waals surface area contributed by atoms with Crippen LogP contribution in [0, 0.1) is 5.92 Å². The summed E-state index contributed by atoms with van der Waals surface area (Å²) in [4.78, 5) is 27.3. The second kappa shape index (κ2) is 5.78. The molecule has 0 aromatic heterocycles. The molecule has 3 aliphatic rings. The SMILES string of the molecule is O=C([C@H]1CC=CCC1)N1CC[C@]2(C1)C(=O)Nc1cc(Cl)c(Cl)cc12. The Bertz CT molecular complexity index is 762. The molecule has 1 saturated heterocycles. The molecule has 1 aromatic rings. The van der Waals surface area contributed by atoms with Crippen molar-refractivity contribution >= 4 is 40.7 Å². The van der Waals surface area contributed by atoms with Crippen molar-refractivity contribution in [3.05, 3.63) is 39.9 Å². The van der Waals surface area contributed by atoms with Crippen LogP contribution in [-0.4, -0.2) is 29.8 Å². The van der Waals surface area contributed by atoms with Crippen LogP contribution in [0.3, 0.4) is 0 Å². The number of carbonyl (C=O) groups is 2. The monoisotopic (exact) mass is 364 g/mol. The van der Waals surface area contributed by atoms with Crippen molar-refractivity contribution in [3.63, 3.8) is 0 Å². The van der Waals surface area contributed by atoms with Gasteiger partial charge in [-0.15, -0.1) is 0 Å². The number of nitrogens with one attached hydrogen (secondary N) is 1. The second-order valence-electron chi connectivity index (χ2n) is 6.84. The van der Waals surface area contributed by atoms with Crippen LogP contribution < -0.4 is 5.32 Å². The van der Waals surface area contributed by atoms with Crippen LogP contribution in [0.5, 0.6) is 0 Å². The molecule has 0 radical (unpaired) electrons. The summed E-state index contributed by atoms with van der Waals surface area (Å²) < 4.78 is 0. The Balaban J connectivity index is 1.62. The van der Waals surface area contributed by atoms with Crippen LogP contribution in [0.4, 0.5) is 5.69 Å². The van der Waals surface area contributed by atoms with Crippen LogP contribution in [0.1, 0.15) is 31.2 Å². The lowest BCUT2D eigenvalue weighted by atomic mass is 9.81. The Kier molecular flexibility index (Phi) is 3.85. The highest BCUT2D eigenvalue weighted by Gasteiger charge is 2.52. The summed E-state index contributed by atoms with van der Waals surface area (Å²) in [5, 5.41) is 3.77. The van der Waals surface area contributed by atoms with Gasteiger partial charge in [-0.25, -0.2) is 0 Å². The number of nitrogens with zero attached hydrogens (tertiary/aromatic N) is 1. The molecule has 0 bridgehead atoms. The van der Waals surface area contributed by atoms with E-state index in [-0.39, 0.29) is 17.7 Å². The van der Waals surface area contributed by atoms with Gasteiger partial charge in [-0.1, -0.05) is 35.4 Å². The summed E-state index contributed by atoms with van der Waals surface area (Å²) in [6.45, 7) is 1.02. The zero-order chi connectivity index (χ0) is 16.9. The van der Waals surface area contributed by atoms with Gasteiger partial charge >= 0.3 is 0 Å². The van der Waals surface area contributed by atoms with E-state index >= 15 is 0 Å². The van der Waals surface area contributed by atoms with Crippen LogP contribution in [0.25, 0.3) is 0 Å². The molecule has 126 valence electrons. The number of allylic oxidation sites excluding steroid dienone is 2. The van der Waals surface area contributed by atoms with Gasteiger partial charge in [0, 0.05) is 24.7 Å². The second-order valence-corrected chi connectivity index (χ2v) is 7.65. The van der Waals surface area contributed by atoms with Gasteiger partial charge in [-0.05, 0) is 43.4 Å². The Morgan fingerprint density at radius 3 is 2.79 bits per heavy atom. The van der Waals surface area contributed by atoms with E-state index in [0.717, 1.165) is 24.8 Å². The molecular formula is C18H18Cl2N2O2. The van der Waals surface area contributed by atoms with Crippen LogP contribution in [0.15, 0.2) is 24.3 Å². The molecule has 2 amide bonds. The van der Waals surface area contributed by atoms with Gasteiger partial charge in [0.15, 0.2) is 0 Å². The molecule has 0 unspecified atom stereocenters. The van der Waals surface area contributed by atoms with E-state index in [1.165, 1.54) is 0 Å².